The van der Waals surface area contributed by atoms with Crippen molar-refractivity contribution in [2.24, 2.45) is 5.73 Å². The quantitative estimate of drug-likeness (QED) is 0.354. The summed E-state index contributed by atoms with van der Waals surface area (Å²) in [4.78, 5) is 13.4. The van der Waals surface area contributed by atoms with E-state index < -0.39 is 12.0 Å². The maximum atomic E-state index is 15.4. The van der Waals surface area contributed by atoms with Crippen molar-refractivity contribution in [3.05, 3.63) is 83.2 Å². The molecule has 7 heteroatoms. The van der Waals surface area contributed by atoms with Crippen molar-refractivity contribution in [1.29, 1.82) is 0 Å². The highest BCUT2D eigenvalue weighted by atomic mass is 19.1. The Morgan fingerprint density at radius 2 is 1.97 bits per heavy atom. The number of ether oxygens (including phenoxy) is 1. The first-order chi connectivity index (χ1) is 17.3. The lowest BCUT2D eigenvalue weighted by Gasteiger charge is -2.24. The minimum absolute atomic E-state index is 0.0342. The summed E-state index contributed by atoms with van der Waals surface area (Å²) >= 11 is 0. The molecule has 4 rings (SSSR count). The van der Waals surface area contributed by atoms with E-state index in [2.05, 4.69) is 10.2 Å². The SMILES string of the molecule is C[C@@H](N)c1cccc(-c2cc(NCC3CCCO3)cc(N(C)Cc3ccccc3CC(=O)O)c2)c1F. The molecule has 0 radical (unpaired) electrons. The van der Waals surface area contributed by atoms with E-state index in [-0.39, 0.29) is 18.3 Å². The number of nitrogens with two attached hydrogens (primary N) is 1. The zero-order chi connectivity index (χ0) is 25.7. The zero-order valence-electron chi connectivity index (χ0n) is 20.8. The van der Waals surface area contributed by atoms with Crippen LogP contribution in [0.25, 0.3) is 11.1 Å². The Kier molecular flexibility index (Phi) is 8.23. The molecule has 1 heterocycles. The van der Waals surface area contributed by atoms with E-state index in [1.165, 1.54) is 0 Å². The molecule has 36 heavy (non-hydrogen) atoms. The van der Waals surface area contributed by atoms with Crippen molar-refractivity contribution in [2.75, 3.05) is 30.4 Å². The molecule has 3 aromatic carbocycles. The number of nitrogens with zero attached hydrogens (tertiary/aromatic N) is 1. The van der Waals surface area contributed by atoms with E-state index in [0.29, 0.717) is 24.2 Å². The smallest absolute Gasteiger partial charge is 0.307 e. The molecule has 1 saturated heterocycles. The lowest BCUT2D eigenvalue weighted by molar-refractivity contribution is -0.136. The normalized spacial score (nSPS) is 16.1. The van der Waals surface area contributed by atoms with Gasteiger partial charge in [-0.15, -0.1) is 0 Å². The Morgan fingerprint density at radius 3 is 2.67 bits per heavy atom. The first kappa shape index (κ1) is 25.7. The summed E-state index contributed by atoms with van der Waals surface area (Å²) in [6.45, 7) is 3.75. The van der Waals surface area contributed by atoms with Crippen LogP contribution in [0.4, 0.5) is 15.8 Å². The number of nitrogens with one attached hydrogen (secondary N) is 1. The summed E-state index contributed by atoms with van der Waals surface area (Å²) in [7, 11) is 1.95. The number of hydrogen-bond acceptors (Lipinski definition) is 5. The summed E-state index contributed by atoms with van der Waals surface area (Å²) in [5.74, 6) is -1.18. The molecule has 1 aliphatic rings. The van der Waals surface area contributed by atoms with Crippen LogP contribution >= 0.6 is 0 Å². The Labute approximate surface area is 211 Å². The van der Waals surface area contributed by atoms with Gasteiger partial charge in [-0.1, -0.05) is 42.5 Å². The van der Waals surface area contributed by atoms with E-state index in [0.717, 1.165) is 47.5 Å². The van der Waals surface area contributed by atoms with E-state index >= 15 is 4.39 Å². The van der Waals surface area contributed by atoms with E-state index in [1.54, 1.807) is 19.1 Å². The van der Waals surface area contributed by atoms with Crippen molar-refractivity contribution in [3.8, 4) is 11.1 Å². The monoisotopic (exact) mass is 491 g/mol. The van der Waals surface area contributed by atoms with Crippen molar-refractivity contribution < 1.29 is 19.0 Å². The molecular formula is C29H34FN3O3. The third-order valence-electron chi connectivity index (χ3n) is 6.61. The average molecular weight is 492 g/mol. The van der Waals surface area contributed by atoms with E-state index in [1.807, 2.05) is 55.6 Å². The number of anilines is 2. The zero-order valence-corrected chi connectivity index (χ0v) is 20.8. The second kappa shape index (κ2) is 11.5. The number of rotatable bonds is 10. The van der Waals surface area contributed by atoms with Gasteiger partial charge in [0.25, 0.3) is 0 Å². The summed E-state index contributed by atoms with van der Waals surface area (Å²) < 4.78 is 21.2. The van der Waals surface area contributed by atoms with Gasteiger partial charge in [-0.25, -0.2) is 4.39 Å². The molecule has 0 spiro atoms. The third kappa shape index (κ3) is 6.22. The van der Waals surface area contributed by atoms with Crippen LogP contribution in [0.5, 0.6) is 0 Å². The predicted molar refractivity (Wildman–Crippen MR) is 142 cm³/mol. The van der Waals surface area contributed by atoms with E-state index in [9.17, 15) is 9.90 Å². The fraction of sp³-hybridized carbons (Fsp3) is 0.345. The van der Waals surface area contributed by atoms with Gasteiger partial charge in [0.15, 0.2) is 0 Å². The summed E-state index contributed by atoms with van der Waals surface area (Å²) in [6.07, 6.45) is 2.21. The number of halogens is 1. The fourth-order valence-electron chi connectivity index (χ4n) is 4.64. The molecule has 1 aliphatic heterocycles. The van der Waals surface area contributed by atoms with Gasteiger partial charge in [0.2, 0.25) is 0 Å². The predicted octanol–water partition coefficient (Wildman–Crippen LogP) is 5.37. The van der Waals surface area contributed by atoms with Crippen LogP contribution in [0.1, 0.15) is 42.5 Å². The number of aliphatic carboxylic acids is 1. The highest BCUT2D eigenvalue weighted by molar-refractivity contribution is 5.75. The summed E-state index contributed by atoms with van der Waals surface area (Å²) in [5, 5.41) is 12.8. The average Bonchev–Trinajstić information content (AvgIpc) is 3.37. The van der Waals surface area contributed by atoms with Crippen LogP contribution in [0.15, 0.2) is 60.7 Å². The maximum Gasteiger partial charge on any atom is 0.307 e. The number of carboxylic acid groups (broad SMARTS) is 1. The molecule has 2 atom stereocenters. The number of carbonyl (C=O) groups is 1. The molecule has 3 aromatic rings. The van der Waals surface area contributed by atoms with Crippen LogP contribution in [0.2, 0.25) is 0 Å². The van der Waals surface area contributed by atoms with Gasteiger partial charge in [-0.3, -0.25) is 4.79 Å². The maximum absolute atomic E-state index is 15.4. The topological polar surface area (TPSA) is 87.8 Å². The van der Waals surface area contributed by atoms with Crippen LogP contribution in [-0.2, 0) is 22.5 Å². The van der Waals surface area contributed by atoms with Gasteiger partial charge in [-0.05, 0) is 54.7 Å². The molecule has 1 fully saturated rings. The Morgan fingerprint density at radius 1 is 1.19 bits per heavy atom. The van der Waals surface area contributed by atoms with Gasteiger partial charge in [0.05, 0.1) is 12.5 Å². The Balaban J connectivity index is 1.68. The molecule has 0 bridgehead atoms. The Bertz CT molecular complexity index is 1210. The van der Waals surface area contributed by atoms with Crippen molar-refractivity contribution >= 4 is 17.3 Å². The molecule has 0 saturated carbocycles. The molecule has 6 nitrogen and oxygen atoms in total. The number of benzene rings is 3. The standard InChI is InChI=1S/C29H34FN3O3/c1-19(31)26-10-5-11-27(29(26)30)22-13-23(32-17-25-9-6-12-36-25)16-24(14-22)33(2)18-21-8-4-3-7-20(21)15-28(34)35/h3-5,7-8,10-11,13-14,16,19,25,32H,6,9,12,15,17-18,31H2,1-2H3,(H,34,35)/t19-,25?/m1/s1. The largest absolute Gasteiger partial charge is 0.481 e. The van der Waals surface area contributed by atoms with Gasteiger partial charge in [-0.2, -0.15) is 0 Å². The van der Waals surface area contributed by atoms with Crippen molar-refractivity contribution in [2.45, 2.75) is 44.9 Å². The molecule has 0 aromatic heterocycles. The second-order valence-electron chi connectivity index (χ2n) is 9.48. The van der Waals surface area contributed by atoms with Crippen LogP contribution in [0.3, 0.4) is 0 Å². The van der Waals surface area contributed by atoms with Gasteiger partial charge < -0.3 is 25.8 Å². The summed E-state index contributed by atoms with van der Waals surface area (Å²) in [5.41, 5.74) is 11.2. The third-order valence-corrected chi connectivity index (χ3v) is 6.61. The first-order valence-corrected chi connectivity index (χ1v) is 12.4. The minimum Gasteiger partial charge on any atom is -0.481 e. The minimum atomic E-state index is -0.864. The van der Waals surface area contributed by atoms with Crippen molar-refractivity contribution in [3.63, 3.8) is 0 Å². The van der Waals surface area contributed by atoms with Gasteiger partial charge in [0, 0.05) is 55.3 Å². The molecule has 1 unspecified atom stereocenters. The highest BCUT2D eigenvalue weighted by Crippen LogP contribution is 2.33. The first-order valence-electron chi connectivity index (χ1n) is 12.4. The van der Waals surface area contributed by atoms with Gasteiger partial charge >= 0.3 is 5.97 Å². The highest BCUT2D eigenvalue weighted by Gasteiger charge is 2.18. The Hall–Kier alpha value is -3.42. The van der Waals surface area contributed by atoms with Gasteiger partial charge in [0.1, 0.15) is 5.82 Å². The summed E-state index contributed by atoms with van der Waals surface area (Å²) in [6, 6.07) is 18.4. The number of hydrogen-bond donors (Lipinski definition) is 3. The van der Waals surface area contributed by atoms with Crippen LogP contribution in [0, 0.1) is 5.82 Å². The molecule has 0 amide bonds. The van der Waals surface area contributed by atoms with Crippen LogP contribution < -0.4 is 16.0 Å². The molecule has 0 aliphatic carbocycles. The van der Waals surface area contributed by atoms with E-state index in [4.69, 9.17) is 10.5 Å². The molecule has 190 valence electrons. The molecule has 4 N–H and O–H groups in total. The van der Waals surface area contributed by atoms with Crippen LogP contribution in [-0.4, -0.2) is 37.4 Å². The molecular weight excluding hydrogens is 457 g/mol. The lowest BCUT2D eigenvalue weighted by atomic mass is 9.98. The fourth-order valence-corrected chi connectivity index (χ4v) is 4.64. The lowest BCUT2D eigenvalue weighted by Crippen LogP contribution is -2.20. The second-order valence-corrected chi connectivity index (χ2v) is 9.48. The van der Waals surface area contributed by atoms with Crippen molar-refractivity contribution in [1.82, 2.24) is 0 Å². The number of carboxylic acids is 1.